The van der Waals surface area contributed by atoms with Crippen LogP contribution in [0.3, 0.4) is 0 Å². The zero-order chi connectivity index (χ0) is 17.4. The summed E-state index contributed by atoms with van der Waals surface area (Å²) in [6.45, 7) is 3.53. The van der Waals surface area contributed by atoms with Crippen molar-refractivity contribution in [3.05, 3.63) is 56.7 Å². The van der Waals surface area contributed by atoms with Gasteiger partial charge in [-0.1, -0.05) is 23.7 Å². The van der Waals surface area contributed by atoms with E-state index in [2.05, 4.69) is 21.7 Å². The highest BCUT2D eigenvalue weighted by molar-refractivity contribution is 14.0. The maximum atomic E-state index is 10.2. The van der Waals surface area contributed by atoms with Crippen LogP contribution in [0.1, 0.15) is 29.0 Å². The third-order valence-electron chi connectivity index (χ3n) is 3.23. The van der Waals surface area contributed by atoms with Gasteiger partial charge in [0.05, 0.1) is 22.5 Å². The molecule has 25 heavy (non-hydrogen) atoms. The number of halogens is 2. The fourth-order valence-electron chi connectivity index (χ4n) is 2.00. The average Bonchev–Trinajstić information content (AvgIpc) is 3.04. The van der Waals surface area contributed by atoms with Crippen LogP contribution >= 0.6 is 46.9 Å². The highest BCUT2D eigenvalue weighted by Crippen LogP contribution is 2.26. The second-order valence-electron chi connectivity index (χ2n) is 5.04. The van der Waals surface area contributed by atoms with Gasteiger partial charge in [-0.05, 0) is 36.8 Å². The number of aliphatic imine (C=N–C) groups is 1. The van der Waals surface area contributed by atoms with E-state index >= 15 is 0 Å². The standard InChI is InChI=1S/C17H19ClN4OS.HI/c1-2-20-17(21-10-13-5-3-12(9-19)4-6-13)22-11-14(23)15-7-8-16(18)24-15;/h3-8,14,23H,2,10-11H2,1H3,(H2,20,21,22);1H. The fourth-order valence-corrected chi connectivity index (χ4v) is 3.05. The molecule has 0 bridgehead atoms. The molecule has 1 unspecified atom stereocenters. The van der Waals surface area contributed by atoms with Crippen molar-refractivity contribution in [1.29, 1.82) is 5.26 Å². The smallest absolute Gasteiger partial charge is 0.191 e. The molecular weight excluding hydrogens is 471 g/mol. The molecule has 1 aromatic carbocycles. The number of aliphatic hydroxyl groups is 1. The van der Waals surface area contributed by atoms with Crippen LogP contribution in [-0.2, 0) is 6.54 Å². The Morgan fingerprint density at radius 1 is 1.28 bits per heavy atom. The molecule has 0 radical (unpaired) electrons. The molecule has 0 spiro atoms. The Labute approximate surface area is 173 Å². The Bertz CT molecular complexity index is 727. The van der Waals surface area contributed by atoms with E-state index in [0.717, 1.165) is 17.0 Å². The van der Waals surface area contributed by atoms with Gasteiger partial charge in [-0.15, -0.1) is 35.3 Å². The average molecular weight is 491 g/mol. The van der Waals surface area contributed by atoms with E-state index in [-0.39, 0.29) is 24.0 Å². The lowest BCUT2D eigenvalue weighted by Gasteiger charge is -2.14. The molecule has 0 saturated carbocycles. The fraction of sp³-hybridized carbons (Fsp3) is 0.294. The molecular formula is C17H20ClIN4OS. The maximum Gasteiger partial charge on any atom is 0.191 e. The van der Waals surface area contributed by atoms with Crippen molar-refractivity contribution in [3.8, 4) is 6.07 Å². The lowest BCUT2D eigenvalue weighted by molar-refractivity contribution is 0.184. The normalized spacial score (nSPS) is 12.0. The minimum atomic E-state index is -0.638. The van der Waals surface area contributed by atoms with Crippen LogP contribution in [0, 0.1) is 11.3 Å². The summed E-state index contributed by atoms with van der Waals surface area (Å²) in [5.74, 6) is 0.628. The number of benzene rings is 1. The summed E-state index contributed by atoms with van der Waals surface area (Å²) in [6, 6.07) is 13.0. The van der Waals surface area contributed by atoms with E-state index in [1.165, 1.54) is 11.3 Å². The van der Waals surface area contributed by atoms with Gasteiger partial charge in [0.2, 0.25) is 0 Å². The first-order valence-electron chi connectivity index (χ1n) is 7.57. The van der Waals surface area contributed by atoms with Crippen molar-refractivity contribution in [2.24, 2.45) is 4.99 Å². The van der Waals surface area contributed by atoms with Gasteiger partial charge in [0.1, 0.15) is 6.10 Å². The predicted octanol–water partition coefficient (Wildman–Crippen LogP) is 3.68. The Hall–Kier alpha value is -1.34. The van der Waals surface area contributed by atoms with E-state index in [9.17, 15) is 5.11 Å². The number of rotatable bonds is 6. The van der Waals surface area contributed by atoms with Gasteiger partial charge in [0, 0.05) is 18.0 Å². The number of aliphatic hydroxyl groups excluding tert-OH is 1. The molecule has 1 heterocycles. The molecule has 2 aromatic rings. The number of nitrogens with one attached hydrogen (secondary N) is 2. The van der Waals surface area contributed by atoms with Crippen LogP contribution < -0.4 is 10.6 Å². The van der Waals surface area contributed by atoms with Crippen molar-refractivity contribution in [2.75, 3.05) is 13.1 Å². The molecule has 5 nitrogen and oxygen atoms in total. The molecule has 8 heteroatoms. The maximum absolute atomic E-state index is 10.2. The van der Waals surface area contributed by atoms with Crippen LogP contribution in [0.2, 0.25) is 4.34 Å². The third kappa shape index (κ3) is 7.20. The summed E-state index contributed by atoms with van der Waals surface area (Å²) in [7, 11) is 0. The van der Waals surface area contributed by atoms with Crippen molar-refractivity contribution in [1.82, 2.24) is 10.6 Å². The lowest BCUT2D eigenvalue weighted by Crippen LogP contribution is -2.39. The molecule has 1 aromatic heterocycles. The number of thiophene rings is 1. The molecule has 0 saturated heterocycles. The third-order valence-corrected chi connectivity index (χ3v) is 4.56. The SMILES string of the molecule is CCNC(=NCc1ccc(C#N)cc1)NCC(O)c1ccc(Cl)s1.I. The van der Waals surface area contributed by atoms with Crippen LogP contribution in [0.4, 0.5) is 0 Å². The molecule has 2 rings (SSSR count). The number of hydrogen-bond donors (Lipinski definition) is 3. The van der Waals surface area contributed by atoms with Crippen molar-refractivity contribution < 1.29 is 5.11 Å². The minimum absolute atomic E-state index is 0. The number of hydrogen-bond acceptors (Lipinski definition) is 4. The van der Waals surface area contributed by atoms with Gasteiger partial charge < -0.3 is 15.7 Å². The summed E-state index contributed by atoms with van der Waals surface area (Å²) in [6.07, 6.45) is -0.638. The molecule has 0 aliphatic carbocycles. The zero-order valence-electron chi connectivity index (χ0n) is 13.7. The molecule has 0 amide bonds. The van der Waals surface area contributed by atoms with E-state index in [4.69, 9.17) is 16.9 Å². The molecule has 0 aliphatic rings. The highest BCUT2D eigenvalue weighted by atomic mass is 127. The number of nitriles is 1. The summed E-state index contributed by atoms with van der Waals surface area (Å²) < 4.78 is 0.658. The van der Waals surface area contributed by atoms with E-state index in [1.807, 2.05) is 25.1 Å². The quantitative estimate of drug-likeness (QED) is 0.328. The predicted molar refractivity (Wildman–Crippen MR) is 114 cm³/mol. The van der Waals surface area contributed by atoms with Gasteiger partial charge in [-0.2, -0.15) is 5.26 Å². The monoisotopic (exact) mass is 490 g/mol. The molecule has 3 N–H and O–H groups in total. The Morgan fingerprint density at radius 3 is 2.56 bits per heavy atom. The van der Waals surface area contributed by atoms with Gasteiger partial charge in [-0.3, -0.25) is 0 Å². The van der Waals surface area contributed by atoms with Crippen LogP contribution in [0.15, 0.2) is 41.4 Å². The van der Waals surface area contributed by atoms with Gasteiger partial charge in [0.25, 0.3) is 0 Å². The lowest BCUT2D eigenvalue weighted by atomic mass is 10.1. The molecule has 1 atom stereocenters. The van der Waals surface area contributed by atoms with Gasteiger partial charge >= 0.3 is 0 Å². The zero-order valence-corrected chi connectivity index (χ0v) is 17.6. The molecule has 0 aliphatic heterocycles. The van der Waals surface area contributed by atoms with Crippen LogP contribution in [0.5, 0.6) is 0 Å². The van der Waals surface area contributed by atoms with Gasteiger partial charge in [-0.25, -0.2) is 4.99 Å². The van der Waals surface area contributed by atoms with E-state index in [1.54, 1.807) is 18.2 Å². The first-order valence-corrected chi connectivity index (χ1v) is 8.76. The summed E-state index contributed by atoms with van der Waals surface area (Å²) in [5, 5.41) is 25.2. The second-order valence-corrected chi connectivity index (χ2v) is 6.79. The Balaban J connectivity index is 0.00000312. The first kappa shape index (κ1) is 21.7. The summed E-state index contributed by atoms with van der Waals surface area (Å²) >= 11 is 7.25. The van der Waals surface area contributed by atoms with Crippen molar-refractivity contribution >= 4 is 52.9 Å². The summed E-state index contributed by atoms with van der Waals surface area (Å²) in [5.41, 5.74) is 1.64. The summed E-state index contributed by atoms with van der Waals surface area (Å²) in [4.78, 5) is 5.30. The number of guanidine groups is 1. The molecule has 134 valence electrons. The van der Waals surface area contributed by atoms with E-state index < -0.39 is 6.10 Å². The number of nitrogens with zero attached hydrogens (tertiary/aromatic N) is 2. The van der Waals surface area contributed by atoms with Crippen LogP contribution in [0.25, 0.3) is 0 Å². The largest absolute Gasteiger partial charge is 0.386 e. The first-order chi connectivity index (χ1) is 11.6. The molecule has 0 fully saturated rings. The van der Waals surface area contributed by atoms with Crippen molar-refractivity contribution in [3.63, 3.8) is 0 Å². The van der Waals surface area contributed by atoms with Crippen LogP contribution in [-0.4, -0.2) is 24.2 Å². The topological polar surface area (TPSA) is 80.4 Å². The highest BCUT2D eigenvalue weighted by Gasteiger charge is 2.10. The Kier molecular flexibility index (Phi) is 9.82. The Morgan fingerprint density at radius 2 is 2.00 bits per heavy atom. The van der Waals surface area contributed by atoms with Gasteiger partial charge in [0.15, 0.2) is 5.96 Å². The minimum Gasteiger partial charge on any atom is -0.386 e. The van der Waals surface area contributed by atoms with E-state index in [0.29, 0.717) is 28.9 Å². The van der Waals surface area contributed by atoms with Crippen molar-refractivity contribution in [2.45, 2.75) is 19.6 Å². The second kappa shape index (κ2) is 11.3.